The third kappa shape index (κ3) is 4.50. The Morgan fingerprint density at radius 2 is 1.85 bits per heavy atom. The molecule has 2 atom stereocenters. The number of benzene rings is 1. The van der Waals surface area contributed by atoms with Crippen molar-refractivity contribution in [3.05, 3.63) is 29.8 Å². The zero-order valence-corrected chi connectivity index (χ0v) is 12.6. The van der Waals surface area contributed by atoms with Crippen LogP contribution in [0.4, 0.5) is 0 Å². The molecular formula is C17H26O3. The molecule has 1 aliphatic rings. The van der Waals surface area contributed by atoms with Crippen LogP contribution in [-0.2, 0) is 9.47 Å². The molecule has 0 N–H and O–H groups in total. The Hall–Kier alpha value is -1.06. The minimum absolute atomic E-state index is 0.0620. The van der Waals surface area contributed by atoms with Crippen molar-refractivity contribution in [3.63, 3.8) is 0 Å². The van der Waals surface area contributed by atoms with E-state index < -0.39 is 0 Å². The smallest absolute Gasteiger partial charge is 0.119 e. The molecule has 3 nitrogen and oxygen atoms in total. The molecular weight excluding hydrogens is 252 g/mol. The van der Waals surface area contributed by atoms with Crippen LogP contribution in [0.15, 0.2) is 24.3 Å². The van der Waals surface area contributed by atoms with Crippen molar-refractivity contribution in [1.29, 1.82) is 0 Å². The number of rotatable bonds is 7. The summed E-state index contributed by atoms with van der Waals surface area (Å²) in [4.78, 5) is 0. The summed E-state index contributed by atoms with van der Waals surface area (Å²) in [6.07, 6.45) is 4.90. The Balaban J connectivity index is 1.79. The average Bonchev–Trinajstić information content (AvgIpc) is 2.52. The highest BCUT2D eigenvalue weighted by molar-refractivity contribution is 5.28. The lowest BCUT2D eigenvalue weighted by Gasteiger charge is -2.29. The fourth-order valence-corrected chi connectivity index (χ4v) is 2.29. The van der Waals surface area contributed by atoms with Gasteiger partial charge in [-0.3, -0.25) is 0 Å². The number of hydrogen-bond acceptors (Lipinski definition) is 3. The van der Waals surface area contributed by atoms with Crippen LogP contribution in [0.25, 0.3) is 0 Å². The van der Waals surface area contributed by atoms with E-state index in [2.05, 4.69) is 26.0 Å². The summed E-state index contributed by atoms with van der Waals surface area (Å²) in [7, 11) is 0. The van der Waals surface area contributed by atoms with E-state index in [1.165, 1.54) is 18.4 Å². The van der Waals surface area contributed by atoms with Crippen molar-refractivity contribution in [2.45, 2.75) is 51.7 Å². The van der Waals surface area contributed by atoms with Crippen molar-refractivity contribution in [1.82, 2.24) is 0 Å². The molecule has 0 aliphatic carbocycles. The van der Waals surface area contributed by atoms with Gasteiger partial charge in [-0.1, -0.05) is 38.8 Å². The highest BCUT2D eigenvalue weighted by atomic mass is 16.6. The summed E-state index contributed by atoms with van der Waals surface area (Å²) in [6.45, 7) is 6.46. The third-order valence-corrected chi connectivity index (χ3v) is 3.69. The molecule has 1 fully saturated rings. The first kappa shape index (κ1) is 15.3. The molecule has 1 heterocycles. The Morgan fingerprint density at radius 3 is 2.45 bits per heavy atom. The Morgan fingerprint density at radius 1 is 1.05 bits per heavy atom. The second kappa shape index (κ2) is 8.28. The largest absolute Gasteiger partial charge is 0.494 e. The van der Waals surface area contributed by atoms with E-state index >= 15 is 0 Å². The fraction of sp³-hybridized carbons (Fsp3) is 0.647. The SMILES string of the molecule is CCCCCOc1ccc([C@H]2CO[C@H](CC)CO2)cc1. The summed E-state index contributed by atoms with van der Waals surface area (Å²) < 4.78 is 17.3. The fourth-order valence-electron chi connectivity index (χ4n) is 2.29. The van der Waals surface area contributed by atoms with Crippen molar-refractivity contribution in [2.24, 2.45) is 0 Å². The van der Waals surface area contributed by atoms with Gasteiger partial charge in [0.1, 0.15) is 11.9 Å². The van der Waals surface area contributed by atoms with Gasteiger partial charge in [0.05, 0.1) is 25.9 Å². The second-order valence-electron chi connectivity index (χ2n) is 5.31. The summed E-state index contributed by atoms with van der Waals surface area (Å²) >= 11 is 0. The molecule has 0 radical (unpaired) electrons. The summed E-state index contributed by atoms with van der Waals surface area (Å²) in [5.41, 5.74) is 1.17. The van der Waals surface area contributed by atoms with Gasteiger partial charge in [-0.05, 0) is 30.5 Å². The lowest BCUT2D eigenvalue weighted by molar-refractivity contribution is -0.135. The van der Waals surface area contributed by atoms with E-state index in [1.807, 2.05) is 12.1 Å². The van der Waals surface area contributed by atoms with Gasteiger partial charge in [0.2, 0.25) is 0 Å². The molecule has 2 rings (SSSR count). The van der Waals surface area contributed by atoms with Crippen molar-refractivity contribution >= 4 is 0 Å². The first-order valence-electron chi connectivity index (χ1n) is 7.79. The zero-order valence-electron chi connectivity index (χ0n) is 12.6. The Kier molecular flexibility index (Phi) is 6.34. The number of unbranched alkanes of at least 4 members (excludes halogenated alkanes) is 2. The number of hydrogen-bond donors (Lipinski definition) is 0. The molecule has 112 valence electrons. The van der Waals surface area contributed by atoms with E-state index in [-0.39, 0.29) is 12.2 Å². The lowest BCUT2D eigenvalue weighted by atomic mass is 10.1. The molecule has 0 saturated carbocycles. The van der Waals surface area contributed by atoms with Gasteiger partial charge in [-0.25, -0.2) is 0 Å². The maximum Gasteiger partial charge on any atom is 0.119 e. The van der Waals surface area contributed by atoms with Crippen molar-refractivity contribution in [2.75, 3.05) is 19.8 Å². The van der Waals surface area contributed by atoms with Gasteiger partial charge in [-0.15, -0.1) is 0 Å². The first-order valence-corrected chi connectivity index (χ1v) is 7.79. The van der Waals surface area contributed by atoms with Gasteiger partial charge >= 0.3 is 0 Å². The normalized spacial score (nSPS) is 22.7. The Labute approximate surface area is 122 Å². The van der Waals surface area contributed by atoms with Gasteiger partial charge in [0.25, 0.3) is 0 Å². The molecule has 0 bridgehead atoms. The predicted octanol–water partition coefficient (Wildman–Crippen LogP) is 4.12. The van der Waals surface area contributed by atoms with E-state index in [0.29, 0.717) is 13.2 Å². The quantitative estimate of drug-likeness (QED) is 0.702. The maximum atomic E-state index is 5.85. The van der Waals surface area contributed by atoms with Crippen LogP contribution in [0.2, 0.25) is 0 Å². The first-order chi connectivity index (χ1) is 9.83. The molecule has 0 spiro atoms. The third-order valence-electron chi connectivity index (χ3n) is 3.69. The summed E-state index contributed by atoms with van der Waals surface area (Å²) in [5, 5.41) is 0. The van der Waals surface area contributed by atoms with Crippen LogP contribution in [0, 0.1) is 0 Å². The van der Waals surface area contributed by atoms with E-state index in [9.17, 15) is 0 Å². The van der Waals surface area contributed by atoms with E-state index in [4.69, 9.17) is 14.2 Å². The monoisotopic (exact) mass is 278 g/mol. The van der Waals surface area contributed by atoms with Gasteiger partial charge in [0.15, 0.2) is 0 Å². The van der Waals surface area contributed by atoms with Crippen LogP contribution < -0.4 is 4.74 Å². The van der Waals surface area contributed by atoms with E-state index in [1.54, 1.807) is 0 Å². The standard InChI is InChI=1S/C17H26O3/c1-3-5-6-11-18-16-9-7-14(8-10-16)17-13-19-15(4-2)12-20-17/h7-10,15,17H,3-6,11-13H2,1-2H3/t15-,17-/m1/s1. The minimum atomic E-state index is 0.0620. The zero-order chi connectivity index (χ0) is 14.2. The molecule has 0 aromatic heterocycles. The van der Waals surface area contributed by atoms with Gasteiger partial charge in [-0.2, -0.15) is 0 Å². The highest BCUT2D eigenvalue weighted by Crippen LogP contribution is 2.25. The van der Waals surface area contributed by atoms with E-state index in [0.717, 1.165) is 25.2 Å². The molecule has 1 aromatic rings. The van der Waals surface area contributed by atoms with Crippen LogP contribution in [-0.4, -0.2) is 25.9 Å². The highest BCUT2D eigenvalue weighted by Gasteiger charge is 2.22. The minimum Gasteiger partial charge on any atom is -0.494 e. The second-order valence-corrected chi connectivity index (χ2v) is 5.31. The predicted molar refractivity (Wildman–Crippen MR) is 80.2 cm³/mol. The van der Waals surface area contributed by atoms with Crippen LogP contribution >= 0.6 is 0 Å². The van der Waals surface area contributed by atoms with Gasteiger partial charge < -0.3 is 14.2 Å². The van der Waals surface area contributed by atoms with Crippen molar-refractivity contribution in [3.8, 4) is 5.75 Å². The Bertz CT molecular complexity index is 366. The maximum absolute atomic E-state index is 5.85. The average molecular weight is 278 g/mol. The van der Waals surface area contributed by atoms with Crippen molar-refractivity contribution < 1.29 is 14.2 Å². The molecule has 3 heteroatoms. The van der Waals surface area contributed by atoms with Crippen LogP contribution in [0.5, 0.6) is 5.75 Å². The van der Waals surface area contributed by atoms with Gasteiger partial charge in [0, 0.05) is 0 Å². The summed E-state index contributed by atoms with van der Waals surface area (Å²) in [6, 6.07) is 8.21. The molecule has 0 amide bonds. The summed E-state index contributed by atoms with van der Waals surface area (Å²) in [5.74, 6) is 0.938. The molecule has 0 unspecified atom stereocenters. The molecule has 1 saturated heterocycles. The number of ether oxygens (including phenoxy) is 3. The lowest BCUT2D eigenvalue weighted by Crippen LogP contribution is -2.30. The molecule has 1 aromatic carbocycles. The van der Waals surface area contributed by atoms with Crippen LogP contribution in [0.3, 0.4) is 0 Å². The van der Waals surface area contributed by atoms with Crippen LogP contribution in [0.1, 0.15) is 51.2 Å². The topological polar surface area (TPSA) is 27.7 Å². The molecule has 20 heavy (non-hydrogen) atoms. The molecule has 1 aliphatic heterocycles.